The summed E-state index contributed by atoms with van der Waals surface area (Å²) in [5.41, 5.74) is 0.851. The largest absolute Gasteiger partial charge is 0.416 e. The van der Waals surface area contributed by atoms with Crippen molar-refractivity contribution >= 4 is 27.5 Å². The molecule has 0 radical (unpaired) electrons. The summed E-state index contributed by atoms with van der Waals surface area (Å²) in [5, 5.41) is 7.99. The summed E-state index contributed by atoms with van der Waals surface area (Å²) < 4.78 is 42.8. The van der Waals surface area contributed by atoms with E-state index in [9.17, 15) is 18.0 Å². The number of halogens is 4. The van der Waals surface area contributed by atoms with E-state index >= 15 is 0 Å². The second-order valence-corrected chi connectivity index (χ2v) is 8.34. The molecular weight excluding hydrogens is 461 g/mol. The molecule has 0 unspecified atom stereocenters. The zero-order valence-electron chi connectivity index (χ0n) is 16.2. The van der Waals surface area contributed by atoms with Gasteiger partial charge in [-0.1, -0.05) is 28.9 Å². The molecule has 5 nitrogen and oxygen atoms in total. The van der Waals surface area contributed by atoms with Gasteiger partial charge in [0.2, 0.25) is 0 Å². The number of benzene rings is 2. The average Bonchev–Trinajstić information content (AvgIpc) is 3.23. The molecule has 1 aliphatic heterocycles. The van der Waals surface area contributed by atoms with Crippen LogP contribution in [0.2, 0.25) is 0 Å². The van der Waals surface area contributed by atoms with E-state index in [2.05, 4.69) is 26.1 Å². The number of aryl methyl sites for hydroxylation is 1. The van der Waals surface area contributed by atoms with Crippen LogP contribution in [0.15, 0.2) is 47.2 Å². The van der Waals surface area contributed by atoms with Crippen LogP contribution in [-0.4, -0.2) is 20.7 Å². The summed E-state index contributed by atoms with van der Waals surface area (Å²) in [6, 6.07) is 9.28. The third kappa shape index (κ3) is 3.74. The molecule has 2 heterocycles. The number of carbonyl (C=O) groups is 1. The summed E-state index contributed by atoms with van der Waals surface area (Å²) in [6.45, 7) is 1.92. The van der Waals surface area contributed by atoms with Crippen molar-refractivity contribution in [3.63, 3.8) is 0 Å². The van der Waals surface area contributed by atoms with Crippen molar-refractivity contribution in [3.05, 3.63) is 75.3 Å². The van der Waals surface area contributed by atoms with E-state index in [1.165, 1.54) is 17.0 Å². The second kappa shape index (κ2) is 7.54. The normalized spacial score (nSPS) is 14.9. The summed E-state index contributed by atoms with van der Waals surface area (Å²) in [7, 11) is 1.87. The highest BCUT2D eigenvalue weighted by Gasteiger charge is 2.39. The van der Waals surface area contributed by atoms with E-state index in [0.29, 0.717) is 12.1 Å². The number of aromatic nitrogens is 3. The number of alkyl halides is 3. The maximum absolute atomic E-state index is 13.4. The van der Waals surface area contributed by atoms with Crippen LogP contribution in [0.1, 0.15) is 45.7 Å². The van der Waals surface area contributed by atoms with Gasteiger partial charge in [0.1, 0.15) is 12.2 Å². The Morgan fingerprint density at radius 3 is 2.67 bits per heavy atom. The molecule has 3 aromatic rings. The molecule has 156 valence electrons. The Bertz CT molecular complexity index is 1130. The minimum atomic E-state index is -4.51. The van der Waals surface area contributed by atoms with Crippen molar-refractivity contribution in [2.75, 3.05) is 4.90 Å². The van der Waals surface area contributed by atoms with E-state index in [-0.39, 0.29) is 23.6 Å². The Morgan fingerprint density at radius 1 is 1.23 bits per heavy atom. The maximum atomic E-state index is 13.4. The monoisotopic (exact) mass is 478 g/mol. The molecule has 0 saturated carbocycles. The number of hydrogen-bond acceptors (Lipinski definition) is 3. The molecule has 9 heteroatoms. The van der Waals surface area contributed by atoms with Crippen LogP contribution < -0.4 is 4.90 Å². The first-order valence-corrected chi connectivity index (χ1v) is 10.1. The predicted octanol–water partition coefficient (Wildman–Crippen LogP) is 5.10. The van der Waals surface area contributed by atoms with Gasteiger partial charge in [0.05, 0.1) is 12.1 Å². The molecule has 4 rings (SSSR count). The van der Waals surface area contributed by atoms with Crippen molar-refractivity contribution in [1.82, 2.24) is 14.8 Å². The quantitative estimate of drug-likeness (QED) is 0.523. The molecule has 1 aromatic heterocycles. The van der Waals surface area contributed by atoms with Crippen molar-refractivity contribution in [3.8, 4) is 0 Å². The SMILES string of the molecule is C[C@@H](Cc1nncn1C)c1cc(Br)cc(N2Cc3c(cccc3C(F)(F)F)C2=O)c1. The lowest BCUT2D eigenvalue weighted by Crippen LogP contribution is -2.23. The average molecular weight is 479 g/mol. The second-order valence-electron chi connectivity index (χ2n) is 7.43. The Kier molecular flexibility index (Phi) is 5.17. The van der Waals surface area contributed by atoms with Crippen molar-refractivity contribution in [2.45, 2.75) is 32.0 Å². The molecule has 0 saturated heterocycles. The van der Waals surface area contributed by atoms with E-state index in [0.717, 1.165) is 21.9 Å². The minimum absolute atomic E-state index is 0.0173. The van der Waals surface area contributed by atoms with Gasteiger partial charge in [-0.3, -0.25) is 4.79 Å². The molecule has 0 fully saturated rings. The zero-order valence-corrected chi connectivity index (χ0v) is 17.8. The van der Waals surface area contributed by atoms with Gasteiger partial charge in [-0.2, -0.15) is 13.2 Å². The molecule has 1 amide bonds. The first-order chi connectivity index (χ1) is 14.1. The first-order valence-electron chi connectivity index (χ1n) is 9.29. The molecule has 0 N–H and O–H groups in total. The molecule has 0 bridgehead atoms. The Hall–Kier alpha value is -2.68. The minimum Gasteiger partial charge on any atom is -0.321 e. The maximum Gasteiger partial charge on any atom is 0.416 e. The van der Waals surface area contributed by atoms with Crippen molar-refractivity contribution in [2.24, 2.45) is 7.05 Å². The van der Waals surface area contributed by atoms with Crippen LogP contribution in [0, 0.1) is 0 Å². The van der Waals surface area contributed by atoms with Crippen LogP contribution in [0.3, 0.4) is 0 Å². The molecule has 30 heavy (non-hydrogen) atoms. The van der Waals surface area contributed by atoms with Gasteiger partial charge in [0.15, 0.2) is 0 Å². The molecule has 1 atom stereocenters. The van der Waals surface area contributed by atoms with Gasteiger partial charge in [-0.15, -0.1) is 10.2 Å². The molecule has 0 aliphatic carbocycles. The third-order valence-electron chi connectivity index (χ3n) is 5.35. The topological polar surface area (TPSA) is 51.0 Å². The number of amides is 1. The fourth-order valence-corrected chi connectivity index (χ4v) is 4.23. The van der Waals surface area contributed by atoms with Gasteiger partial charge in [-0.25, -0.2) is 0 Å². The molecule has 2 aromatic carbocycles. The van der Waals surface area contributed by atoms with Crippen LogP contribution in [-0.2, 0) is 26.2 Å². The smallest absolute Gasteiger partial charge is 0.321 e. The lowest BCUT2D eigenvalue weighted by Gasteiger charge is -2.20. The Morgan fingerprint density at radius 2 is 2.00 bits per heavy atom. The molecule has 0 spiro atoms. The highest BCUT2D eigenvalue weighted by molar-refractivity contribution is 9.10. The summed E-state index contributed by atoms with van der Waals surface area (Å²) in [6.07, 6.45) is -2.24. The highest BCUT2D eigenvalue weighted by Crippen LogP contribution is 2.39. The summed E-state index contributed by atoms with van der Waals surface area (Å²) in [5.74, 6) is 0.458. The number of nitrogens with zero attached hydrogens (tertiary/aromatic N) is 4. The number of carbonyl (C=O) groups excluding carboxylic acids is 1. The van der Waals surface area contributed by atoms with Gasteiger partial charge < -0.3 is 9.47 Å². The number of fused-ring (bicyclic) bond motifs is 1. The lowest BCUT2D eigenvalue weighted by atomic mass is 9.96. The van der Waals surface area contributed by atoms with Gasteiger partial charge in [0, 0.05) is 29.2 Å². The first kappa shape index (κ1) is 20.6. The van der Waals surface area contributed by atoms with E-state index < -0.39 is 17.6 Å². The van der Waals surface area contributed by atoms with Crippen molar-refractivity contribution < 1.29 is 18.0 Å². The highest BCUT2D eigenvalue weighted by atomic mass is 79.9. The molecular formula is C21H18BrF3N4O. The fraction of sp³-hybridized carbons (Fsp3) is 0.286. The fourth-order valence-electron chi connectivity index (χ4n) is 3.73. The number of hydrogen-bond donors (Lipinski definition) is 0. The van der Waals surface area contributed by atoms with Gasteiger partial charge in [-0.05, 0) is 47.4 Å². The molecule has 1 aliphatic rings. The van der Waals surface area contributed by atoms with E-state index in [1.54, 1.807) is 12.4 Å². The van der Waals surface area contributed by atoms with E-state index in [1.807, 2.05) is 30.7 Å². The predicted molar refractivity (Wildman–Crippen MR) is 109 cm³/mol. The van der Waals surface area contributed by atoms with Crippen LogP contribution >= 0.6 is 15.9 Å². The Labute approximate surface area is 179 Å². The number of rotatable bonds is 4. The Balaban J connectivity index is 1.67. The zero-order chi connectivity index (χ0) is 21.6. The van der Waals surface area contributed by atoms with Gasteiger partial charge >= 0.3 is 6.18 Å². The third-order valence-corrected chi connectivity index (χ3v) is 5.81. The number of anilines is 1. The lowest BCUT2D eigenvalue weighted by molar-refractivity contribution is -0.138. The summed E-state index contributed by atoms with van der Waals surface area (Å²) in [4.78, 5) is 14.3. The standard InChI is InChI=1S/C21H18BrF3N4O/c1-12(6-19-27-26-11-28(19)2)13-7-14(22)9-15(8-13)29-10-17-16(20(29)30)4-3-5-18(17)21(23,24)25/h3-5,7-9,11-12H,6,10H2,1-2H3/t12-/m0/s1. The van der Waals surface area contributed by atoms with Gasteiger partial charge in [0.25, 0.3) is 5.91 Å². The van der Waals surface area contributed by atoms with E-state index in [4.69, 9.17) is 0 Å². The summed E-state index contributed by atoms with van der Waals surface area (Å²) >= 11 is 3.47. The van der Waals surface area contributed by atoms with Crippen LogP contribution in [0.4, 0.5) is 18.9 Å². The van der Waals surface area contributed by atoms with Crippen LogP contribution in [0.5, 0.6) is 0 Å². The van der Waals surface area contributed by atoms with Crippen molar-refractivity contribution in [1.29, 1.82) is 0 Å². The van der Waals surface area contributed by atoms with Crippen LogP contribution in [0.25, 0.3) is 0 Å².